The van der Waals surface area contributed by atoms with Gasteiger partial charge in [-0.1, -0.05) is 6.58 Å². The Morgan fingerprint density at radius 3 is 3.29 bits per heavy atom. The van der Waals surface area contributed by atoms with E-state index in [0.717, 1.165) is 0 Å². The lowest BCUT2D eigenvalue weighted by atomic mass is 10.4. The van der Waals surface area contributed by atoms with Crippen LogP contribution in [0.15, 0.2) is 29.4 Å². The summed E-state index contributed by atoms with van der Waals surface area (Å²) in [7, 11) is 1.61. The number of halogens is 1. The molecule has 0 saturated carbocycles. The number of amidine groups is 1. The second-order valence-corrected chi connectivity index (χ2v) is 4.80. The average molecular weight is 259 g/mol. The summed E-state index contributed by atoms with van der Waals surface area (Å²) in [6.45, 7) is 4.22. The first-order chi connectivity index (χ1) is 8.11. The van der Waals surface area contributed by atoms with E-state index >= 15 is 0 Å². The molecular formula is C10H14FN3O2S. The number of hydrogen-bond donors (Lipinski definition) is 1. The number of nitrogens with zero attached hydrogens (tertiary/aromatic N) is 2. The fourth-order valence-electron chi connectivity index (χ4n) is 1.58. The second kappa shape index (κ2) is 5.07. The van der Waals surface area contributed by atoms with E-state index in [4.69, 9.17) is 15.2 Å². The van der Waals surface area contributed by atoms with Crippen molar-refractivity contribution in [2.45, 2.75) is 11.7 Å². The van der Waals surface area contributed by atoms with Crippen LogP contribution in [-0.4, -0.2) is 41.9 Å². The highest BCUT2D eigenvalue weighted by molar-refractivity contribution is 8.00. The zero-order valence-electron chi connectivity index (χ0n) is 9.43. The zero-order chi connectivity index (χ0) is 12.4. The predicted octanol–water partition coefficient (Wildman–Crippen LogP) is 1.00. The van der Waals surface area contributed by atoms with Crippen molar-refractivity contribution in [2.75, 3.05) is 19.5 Å². The first-order valence-electron chi connectivity index (χ1n) is 5.07. The summed E-state index contributed by atoms with van der Waals surface area (Å²) in [4.78, 5) is 5.37. The molecule has 0 aromatic heterocycles. The molecule has 2 N–H and O–H groups in total. The van der Waals surface area contributed by atoms with Gasteiger partial charge in [-0.2, -0.15) is 0 Å². The molecule has 2 atom stereocenters. The number of thioether (sulfide) groups is 1. The summed E-state index contributed by atoms with van der Waals surface area (Å²) < 4.78 is 24.0. The van der Waals surface area contributed by atoms with E-state index in [9.17, 15) is 4.39 Å². The number of rotatable bonds is 3. The summed E-state index contributed by atoms with van der Waals surface area (Å²) in [5.41, 5.74) is 5.31. The molecule has 0 amide bonds. The largest absolute Gasteiger partial charge is 0.381 e. The highest BCUT2D eigenvalue weighted by Crippen LogP contribution is 2.31. The topological polar surface area (TPSA) is 60.1 Å². The standard InChI is InChI=1S/C10H14FN3O2S/c1-6-13-10(12)7(11)3-14(6)8-5-17-9(16-8)4-15-2/h3,8-9H,1,4-5H2,2H3,(H2,12,13)/t8-,9+/m1/s1. The highest BCUT2D eigenvalue weighted by atomic mass is 32.2. The van der Waals surface area contributed by atoms with Crippen molar-refractivity contribution >= 4 is 17.6 Å². The second-order valence-electron chi connectivity index (χ2n) is 3.61. The van der Waals surface area contributed by atoms with Gasteiger partial charge in [-0.05, 0) is 0 Å². The summed E-state index contributed by atoms with van der Waals surface area (Å²) in [5.74, 6) is 0.366. The maximum Gasteiger partial charge on any atom is 0.181 e. The first kappa shape index (κ1) is 12.4. The van der Waals surface area contributed by atoms with E-state index in [1.54, 1.807) is 23.8 Å². The van der Waals surface area contributed by atoms with Crippen LogP contribution in [0.5, 0.6) is 0 Å². The molecule has 0 aromatic carbocycles. The lowest BCUT2D eigenvalue weighted by Crippen LogP contribution is -2.35. The number of aliphatic imine (C=N–C) groups is 1. The van der Waals surface area contributed by atoms with Gasteiger partial charge in [-0.25, -0.2) is 9.38 Å². The van der Waals surface area contributed by atoms with Crippen molar-refractivity contribution < 1.29 is 13.9 Å². The molecule has 2 aliphatic rings. The van der Waals surface area contributed by atoms with E-state index in [0.29, 0.717) is 18.2 Å². The van der Waals surface area contributed by atoms with E-state index < -0.39 is 5.83 Å². The molecule has 2 rings (SSSR count). The molecular weight excluding hydrogens is 245 g/mol. The van der Waals surface area contributed by atoms with Crippen LogP contribution in [-0.2, 0) is 9.47 Å². The fourth-order valence-corrected chi connectivity index (χ4v) is 2.63. The van der Waals surface area contributed by atoms with Gasteiger partial charge in [-0.15, -0.1) is 11.8 Å². The molecule has 0 aliphatic carbocycles. The van der Waals surface area contributed by atoms with Crippen LogP contribution in [0, 0.1) is 0 Å². The zero-order valence-corrected chi connectivity index (χ0v) is 10.2. The average Bonchev–Trinajstić information content (AvgIpc) is 2.72. The Hall–Kier alpha value is -1.05. The normalized spacial score (nSPS) is 29.3. The Morgan fingerprint density at radius 1 is 1.82 bits per heavy atom. The Labute approximate surface area is 103 Å². The summed E-state index contributed by atoms with van der Waals surface area (Å²) in [5, 5.41) is 0. The van der Waals surface area contributed by atoms with Crippen molar-refractivity contribution in [2.24, 2.45) is 10.7 Å². The van der Waals surface area contributed by atoms with Gasteiger partial charge in [-0.3, -0.25) is 0 Å². The Kier molecular flexibility index (Phi) is 3.70. The Balaban J connectivity index is 2.03. The van der Waals surface area contributed by atoms with E-state index in [2.05, 4.69) is 11.6 Å². The molecule has 7 heteroatoms. The molecule has 0 bridgehead atoms. The molecule has 0 aromatic rings. The van der Waals surface area contributed by atoms with Gasteiger partial charge >= 0.3 is 0 Å². The molecule has 0 radical (unpaired) electrons. The third-order valence-electron chi connectivity index (χ3n) is 2.39. The van der Waals surface area contributed by atoms with Crippen LogP contribution in [0.4, 0.5) is 4.39 Å². The van der Waals surface area contributed by atoms with Gasteiger partial charge < -0.3 is 20.1 Å². The van der Waals surface area contributed by atoms with Crippen LogP contribution in [0.1, 0.15) is 0 Å². The molecule has 94 valence electrons. The lowest BCUT2D eigenvalue weighted by Gasteiger charge is -2.28. The number of hydrogen-bond acceptors (Lipinski definition) is 6. The van der Waals surface area contributed by atoms with Crippen LogP contribution >= 0.6 is 11.8 Å². The van der Waals surface area contributed by atoms with Crippen molar-refractivity contribution in [3.05, 3.63) is 24.4 Å². The number of nitrogens with two attached hydrogens (primary N) is 1. The smallest absolute Gasteiger partial charge is 0.181 e. The van der Waals surface area contributed by atoms with Crippen LogP contribution in [0.3, 0.4) is 0 Å². The number of ether oxygens (including phenoxy) is 2. The fraction of sp³-hybridized carbons (Fsp3) is 0.500. The van der Waals surface area contributed by atoms with Gasteiger partial charge in [0.1, 0.15) is 17.5 Å². The molecule has 1 fully saturated rings. The van der Waals surface area contributed by atoms with Crippen molar-refractivity contribution in [1.82, 2.24) is 4.90 Å². The van der Waals surface area contributed by atoms with E-state index in [-0.39, 0.29) is 17.5 Å². The van der Waals surface area contributed by atoms with Gasteiger partial charge in [0, 0.05) is 19.1 Å². The van der Waals surface area contributed by atoms with Gasteiger partial charge in [0.15, 0.2) is 11.7 Å². The summed E-state index contributed by atoms with van der Waals surface area (Å²) in [6, 6.07) is 0. The minimum atomic E-state index is -0.568. The van der Waals surface area contributed by atoms with Crippen LogP contribution in [0.2, 0.25) is 0 Å². The Bertz CT molecular complexity index is 386. The maximum absolute atomic E-state index is 13.3. The molecule has 0 unspecified atom stereocenters. The first-order valence-corrected chi connectivity index (χ1v) is 6.12. The molecule has 17 heavy (non-hydrogen) atoms. The molecule has 2 aliphatic heterocycles. The van der Waals surface area contributed by atoms with Crippen LogP contribution < -0.4 is 5.73 Å². The Morgan fingerprint density at radius 2 is 2.59 bits per heavy atom. The molecule has 5 nitrogen and oxygen atoms in total. The van der Waals surface area contributed by atoms with Gasteiger partial charge in [0.05, 0.1) is 6.61 Å². The molecule has 2 heterocycles. The minimum absolute atomic E-state index is 0.0440. The van der Waals surface area contributed by atoms with Crippen molar-refractivity contribution in [3.63, 3.8) is 0 Å². The van der Waals surface area contributed by atoms with Gasteiger partial charge in [0.25, 0.3) is 0 Å². The third-order valence-corrected chi connectivity index (χ3v) is 3.49. The summed E-state index contributed by atoms with van der Waals surface area (Å²) >= 11 is 1.61. The molecule has 1 saturated heterocycles. The van der Waals surface area contributed by atoms with Crippen molar-refractivity contribution in [1.29, 1.82) is 0 Å². The van der Waals surface area contributed by atoms with E-state index in [1.807, 2.05) is 0 Å². The monoisotopic (exact) mass is 259 g/mol. The number of methoxy groups -OCH3 is 1. The SMILES string of the molecule is C=C1N=C(N)C(F)=CN1[C@H]1CS[C@@H](COC)O1. The highest BCUT2D eigenvalue weighted by Gasteiger charge is 2.32. The predicted molar refractivity (Wildman–Crippen MR) is 64.8 cm³/mol. The minimum Gasteiger partial charge on any atom is -0.381 e. The molecule has 0 spiro atoms. The quantitative estimate of drug-likeness (QED) is 0.819. The van der Waals surface area contributed by atoms with Gasteiger partial charge in [0.2, 0.25) is 0 Å². The maximum atomic E-state index is 13.3. The summed E-state index contributed by atoms with van der Waals surface area (Å²) in [6.07, 6.45) is 0.987. The van der Waals surface area contributed by atoms with E-state index in [1.165, 1.54) is 6.20 Å². The van der Waals surface area contributed by atoms with Crippen LogP contribution in [0.25, 0.3) is 0 Å². The van der Waals surface area contributed by atoms with Crippen molar-refractivity contribution in [3.8, 4) is 0 Å². The third kappa shape index (κ3) is 2.62. The lowest BCUT2D eigenvalue weighted by molar-refractivity contribution is -0.0317.